The first-order valence-corrected chi connectivity index (χ1v) is 0. The van der Waals surface area contributed by atoms with Crippen molar-refractivity contribution in [2.24, 2.45) is 0 Å². The summed E-state index contributed by atoms with van der Waals surface area (Å²) >= 11 is 0. The van der Waals surface area contributed by atoms with E-state index in [1.165, 1.54) is 0 Å². The van der Waals surface area contributed by atoms with Gasteiger partial charge >= 0.3 is 34.4 Å². The molecule has 0 N–H and O–H groups in total. The van der Waals surface area contributed by atoms with Crippen molar-refractivity contribution in [3.63, 3.8) is 0 Å². The molecule has 0 nitrogen and oxygen atoms in total. The molecule has 0 atom stereocenters. The zero-order chi connectivity index (χ0) is 0. The van der Waals surface area contributed by atoms with E-state index in [4.69, 9.17) is 0 Å². The van der Waals surface area contributed by atoms with Crippen LogP contribution in [0.3, 0.4) is 0 Å². The summed E-state index contributed by atoms with van der Waals surface area (Å²) in [6.07, 6.45) is 0. The summed E-state index contributed by atoms with van der Waals surface area (Å²) in [5.41, 5.74) is 0. The van der Waals surface area contributed by atoms with E-state index in [0.29, 0.717) is 0 Å². The summed E-state index contributed by atoms with van der Waals surface area (Å²) in [5.74, 6) is 0. The van der Waals surface area contributed by atoms with Crippen molar-refractivity contribution < 1.29 is 54.3 Å². The van der Waals surface area contributed by atoms with Crippen LogP contribution in [0.2, 0.25) is 0 Å². The van der Waals surface area contributed by atoms with Crippen LogP contribution in [0, 0.1) is 0 Å². The van der Waals surface area contributed by atoms with Crippen molar-refractivity contribution >= 4 is 17.4 Å². The van der Waals surface area contributed by atoms with Crippen LogP contribution >= 0.6 is 0 Å². The Hall–Kier alpha value is 1.92. The molecule has 0 saturated carbocycles. The molecule has 0 aliphatic carbocycles. The molecule has 5 heteroatoms. The molecule has 0 bridgehead atoms. The van der Waals surface area contributed by atoms with Crippen LogP contribution in [0.1, 0.15) is 0 Å². The minimum atomic E-state index is 0. The third kappa shape index (κ3) is 24.7. The van der Waals surface area contributed by atoms with Crippen molar-refractivity contribution in [2.45, 2.75) is 0 Å². The predicted octanol–water partition coefficient (Wildman–Crippen LogP) is -9.37. The summed E-state index contributed by atoms with van der Waals surface area (Å²) in [6.45, 7) is 0. The zero-order valence-electron chi connectivity index (χ0n) is 2.06. The number of hydrogen-bond acceptors (Lipinski definition) is 0. The molecule has 1 radical (unpaired) electrons. The van der Waals surface area contributed by atoms with Gasteiger partial charge in [0.2, 0.25) is 0 Å². The maximum atomic E-state index is 0. The maximum Gasteiger partial charge on any atom is 3.00 e. The molecule has 0 unspecified atom stereocenters. The van der Waals surface area contributed by atoms with Gasteiger partial charge in [-0.2, -0.15) is 0 Å². The molecule has 29 valence electrons. The molecule has 0 spiro atoms. The van der Waals surface area contributed by atoms with Crippen LogP contribution in [0.25, 0.3) is 0 Å². The van der Waals surface area contributed by atoms with Crippen molar-refractivity contribution in [3.8, 4) is 0 Å². The fourth-order valence-electron chi connectivity index (χ4n) is 0. The average molecular weight is 189 g/mol. The Labute approximate surface area is 71.3 Å². The number of rotatable bonds is 0. The molecule has 0 amide bonds. The molecule has 0 aliphatic rings. The van der Waals surface area contributed by atoms with E-state index in [1.54, 1.807) is 0 Å². The molecule has 0 rings (SSSR count). The van der Waals surface area contributed by atoms with E-state index in [2.05, 4.69) is 0 Å². The van der Waals surface area contributed by atoms with E-state index >= 15 is 0 Å². The van der Waals surface area contributed by atoms with Gasteiger partial charge in [0.05, 0.1) is 0 Å². The van der Waals surface area contributed by atoms with Crippen LogP contribution in [0.5, 0.6) is 0 Å². The summed E-state index contributed by atoms with van der Waals surface area (Å²) in [4.78, 5) is 0. The summed E-state index contributed by atoms with van der Waals surface area (Å²) in [5, 5.41) is 0. The molecule has 0 aliphatic heterocycles. The predicted molar refractivity (Wildman–Crippen MR) is 5.75 cm³/mol. The zero-order valence-corrected chi connectivity index (χ0v) is 6.59. The van der Waals surface area contributed by atoms with E-state index in [-0.39, 0.29) is 71.7 Å². The Morgan fingerprint density at radius 3 is 0.600 bits per heavy atom. The minimum Gasteiger partial charge on any atom is -1.00 e. The van der Waals surface area contributed by atoms with Crippen LogP contribution in [0.4, 0.5) is 0 Å². The standard InChI is InChI=1S/Al.3ClH.Fe/h;3*1H;/q+3;;;;+3/p-3. The largest absolute Gasteiger partial charge is 3.00 e. The Morgan fingerprint density at radius 1 is 0.600 bits per heavy atom. The Kier molecular flexibility index (Phi) is 510. The molecule has 0 aromatic carbocycles. The smallest absolute Gasteiger partial charge is 1.00 e. The quantitative estimate of drug-likeness (QED) is 0.332. The molecular weight excluding hydrogens is 189 g/mol. The Balaban J connectivity index is 0. The van der Waals surface area contributed by atoms with Gasteiger partial charge in [-0.25, -0.2) is 0 Å². The fourth-order valence-corrected chi connectivity index (χ4v) is 0. The first-order valence-electron chi connectivity index (χ1n) is 0. The van der Waals surface area contributed by atoms with Crippen LogP contribution in [-0.2, 0) is 17.1 Å². The van der Waals surface area contributed by atoms with Gasteiger partial charge in [-0.3, -0.25) is 0 Å². The Bertz CT molecular complexity index is 6.85. The summed E-state index contributed by atoms with van der Waals surface area (Å²) in [6, 6.07) is 0. The van der Waals surface area contributed by atoms with Gasteiger partial charge in [0.25, 0.3) is 0 Å². The van der Waals surface area contributed by atoms with E-state index in [9.17, 15) is 0 Å². The monoisotopic (exact) mass is 188 g/mol. The van der Waals surface area contributed by atoms with Gasteiger partial charge in [-0.05, 0) is 0 Å². The van der Waals surface area contributed by atoms with Crippen molar-refractivity contribution in [2.75, 3.05) is 0 Å². The molecule has 5 heavy (non-hydrogen) atoms. The topological polar surface area (TPSA) is 0 Å². The number of halogens is 3. The van der Waals surface area contributed by atoms with Gasteiger partial charge in [0, 0.05) is 0 Å². The second kappa shape index (κ2) is 38.8. The molecule has 0 saturated heterocycles. The number of hydrogen-bond donors (Lipinski definition) is 0. The third-order valence-electron chi connectivity index (χ3n) is 0. The Morgan fingerprint density at radius 2 is 0.600 bits per heavy atom. The van der Waals surface area contributed by atoms with Gasteiger partial charge in [0.15, 0.2) is 0 Å². The maximum absolute atomic E-state index is 0. The minimum absolute atomic E-state index is 0. The average Bonchev–Trinajstić information content (AvgIpc) is 0. The van der Waals surface area contributed by atoms with Gasteiger partial charge < -0.3 is 37.2 Å². The van der Waals surface area contributed by atoms with Crippen LogP contribution < -0.4 is 37.2 Å². The van der Waals surface area contributed by atoms with E-state index in [1.807, 2.05) is 0 Å². The third-order valence-corrected chi connectivity index (χ3v) is 0. The first-order chi connectivity index (χ1) is 0. The van der Waals surface area contributed by atoms with Crippen LogP contribution in [0.15, 0.2) is 0 Å². The second-order valence-electron chi connectivity index (χ2n) is 0. The molecule has 0 fully saturated rings. The first kappa shape index (κ1) is 65.7. The molecule has 0 aromatic heterocycles. The van der Waals surface area contributed by atoms with E-state index < -0.39 is 0 Å². The fraction of sp³-hybridized carbons (Fsp3) is 0. The second-order valence-corrected chi connectivity index (χ2v) is 0. The van der Waals surface area contributed by atoms with Gasteiger partial charge in [-0.15, -0.1) is 0 Å². The summed E-state index contributed by atoms with van der Waals surface area (Å²) < 4.78 is 0. The molecule has 0 heterocycles. The normalized spacial score (nSPS) is 0. The molecular formula is AlCl3Fe+3. The molecule has 0 aromatic rings. The van der Waals surface area contributed by atoms with Crippen molar-refractivity contribution in [1.29, 1.82) is 0 Å². The van der Waals surface area contributed by atoms with Crippen molar-refractivity contribution in [1.82, 2.24) is 0 Å². The van der Waals surface area contributed by atoms with Gasteiger partial charge in [0.1, 0.15) is 0 Å². The SMILES string of the molecule is [Al+3].[Cl-].[Cl-].[Cl-].[Fe+3]. The van der Waals surface area contributed by atoms with Crippen LogP contribution in [-0.4, -0.2) is 17.4 Å². The van der Waals surface area contributed by atoms with E-state index in [0.717, 1.165) is 0 Å². The van der Waals surface area contributed by atoms with Crippen molar-refractivity contribution in [3.05, 3.63) is 0 Å². The van der Waals surface area contributed by atoms with Gasteiger partial charge in [-0.1, -0.05) is 0 Å². The summed E-state index contributed by atoms with van der Waals surface area (Å²) in [7, 11) is 0.